The zero-order chi connectivity index (χ0) is 17.1. The normalized spacial score (nSPS) is 14.5. The van der Waals surface area contributed by atoms with Crippen LogP contribution < -0.4 is 10.2 Å². The van der Waals surface area contributed by atoms with Gasteiger partial charge in [0.2, 0.25) is 11.8 Å². The van der Waals surface area contributed by atoms with Crippen molar-refractivity contribution in [2.75, 3.05) is 16.8 Å². The van der Waals surface area contributed by atoms with E-state index in [0.717, 1.165) is 24.2 Å². The van der Waals surface area contributed by atoms with E-state index in [-0.39, 0.29) is 24.3 Å². The monoisotopic (exact) mass is 326 g/mol. The van der Waals surface area contributed by atoms with Crippen LogP contribution in [0, 0.1) is 0 Å². The summed E-state index contributed by atoms with van der Waals surface area (Å²) >= 11 is 0. The summed E-state index contributed by atoms with van der Waals surface area (Å²) in [4.78, 5) is 25.8. The van der Waals surface area contributed by atoms with Crippen LogP contribution in [-0.2, 0) is 16.0 Å². The van der Waals surface area contributed by atoms with Gasteiger partial charge in [0.25, 0.3) is 0 Å². The Bertz CT molecular complexity index is 734. The van der Waals surface area contributed by atoms with Crippen molar-refractivity contribution in [1.29, 1.82) is 0 Å². The van der Waals surface area contributed by atoms with Crippen molar-refractivity contribution >= 4 is 23.3 Å². The minimum atomic E-state index is -0.0811. The molecule has 2 amide bonds. The molecule has 0 bridgehead atoms. The van der Waals surface area contributed by atoms with Crippen molar-refractivity contribution in [2.45, 2.75) is 39.2 Å². The van der Waals surface area contributed by atoms with Gasteiger partial charge in [-0.1, -0.05) is 12.1 Å². The van der Waals surface area contributed by atoms with E-state index in [0.29, 0.717) is 12.2 Å². The van der Waals surface area contributed by atoms with Gasteiger partial charge in [-0.2, -0.15) is 5.10 Å². The van der Waals surface area contributed by atoms with Crippen LogP contribution in [0.15, 0.2) is 36.5 Å². The van der Waals surface area contributed by atoms with Crippen molar-refractivity contribution in [3.63, 3.8) is 0 Å². The first-order chi connectivity index (χ1) is 11.5. The molecular weight excluding hydrogens is 304 g/mol. The van der Waals surface area contributed by atoms with Gasteiger partial charge in [0, 0.05) is 30.8 Å². The lowest BCUT2D eigenvalue weighted by molar-refractivity contribution is -0.117. The minimum absolute atomic E-state index is 0.0811. The molecule has 1 aromatic heterocycles. The van der Waals surface area contributed by atoms with Crippen LogP contribution in [0.4, 0.5) is 11.5 Å². The van der Waals surface area contributed by atoms with E-state index < -0.39 is 0 Å². The molecule has 1 N–H and O–H groups in total. The molecule has 6 heteroatoms. The molecule has 0 atom stereocenters. The second-order valence-electron chi connectivity index (χ2n) is 6.30. The van der Waals surface area contributed by atoms with Crippen LogP contribution >= 0.6 is 0 Å². The molecule has 24 heavy (non-hydrogen) atoms. The van der Waals surface area contributed by atoms with Crippen molar-refractivity contribution in [2.24, 2.45) is 0 Å². The standard InChI is InChI=1S/C18H22N4O2/c1-13(2)22-16(9-10-19-22)20-17(23)12-14-5-7-15(8-6-14)21-11-3-4-18(21)24/h5-10,13H,3-4,11-12H2,1-2H3,(H,20,23). The molecule has 1 aliphatic rings. The summed E-state index contributed by atoms with van der Waals surface area (Å²) in [5, 5.41) is 7.10. The van der Waals surface area contributed by atoms with E-state index in [9.17, 15) is 9.59 Å². The Morgan fingerprint density at radius 3 is 2.62 bits per heavy atom. The Balaban J connectivity index is 1.62. The van der Waals surface area contributed by atoms with Gasteiger partial charge in [-0.15, -0.1) is 0 Å². The van der Waals surface area contributed by atoms with Crippen LogP contribution in [0.3, 0.4) is 0 Å². The zero-order valence-corrected chi connectivity index (χ0v) is 14.0. The van der Waals surface area contributed by atoms with Gasteiger partial charge in [0.05, 0.1) is 12.6 Å². The van der Waals surface area contributed by atoms with Gasteiger partial charge >= 0.3 is 0 Å². The molecule has 2 heterocycles. The van der Waals surface area contributed by atoms with Gasteiger partial charge in [0.15, 0.2) is 0 Å². The average molecular weight is 326 g/mol. The minimum Gasteiger partial charge on any atom is -0.312 e. The number of benzene rings is 1. The lowest BCUT2D eigenvalue weighted by atomic mass is 10.1. The highest BCUT2D eigenvalue weighted by molar-refractivity contribution is 5.95. The molecule has 1 aromatic carbocycles. The van der Waals surface area contributed by atoms with E-state index in [1.807, 2.05) is 38.1 Å². The third-order valence-electron chi connectivity index (χ3n) is 4.11. The van der Waals surface area contributed by atoms with E-state index in [1.54, 1.807) is 21.8 Å². The van der Waals surface area contributed by atoms with E-state index in [1.165, 1.54) is 0 Å². The Morgan fingerprint density at radius 2 is 2.00 bits per heavy atom. The van der Waals surface area contributed by atoms with Gasteiger partial charge in [0.1, 0.15) is 5.82 Å². The van der Waals surface area contributed by atoms with Crippen LogP contribution in [0.25, 0.3) is 0 Å². The highest BCUT2D eigenvalue weighted by Crippen LogP contribution is 2.22. The van der Waals surface area contributed by atoms with Gasteiger partial charge in [-0.3, -0.25) is 9.59 Å². The molecule has 126 valence electrons. The molecule has 0 saturated carbocycles. The molecule has 3 rings (SSSR count). The molecule has 0 spiro atoms. The number of carbonyl (C=O) groups excluding carboxylic acids is 2. The number of nitrogens with zero attached hydrogens (tertiary/aromatic N) is 3. The largest absolute Gasteiger partial charge is 0.312 e. The third-order valence-corrected chi connectivity index (χ3v) is 4.11. The molecule has 6 nitrogen and oxygen atoms in total. The molecule has 0 aliphatic carbocycles. The Labute approximate surface area is 141 Å². The van der Waals surface area contributed by atoms with E-state index in [4.69, 9.17) is 0 Å². The van der Waals surface area contributed by atoms with E-state index >= 15 is 0 Å². The number of anilines is 2. The van der Waals surface area contributed by atoms with Crippen LogP contribution in [0.5, 0.6) is 0 Å². The van der Waals surface area contributed by atoms with Crippen molar-refractivity contribution in [3.8, 4) is 0 Å². The molecular formula is C18H22N4O2. The number of carbonyl (C=O) groups is 2. The summed E-state index contributed by atoms with van der Waals surface area (Å²) in [5.74, 6) is 0.791. The second-order valence-corrected chi connectivity index (χ2v) is 6.30. The summed E-state index contributed by atoms with van der Waals surface area (Å²) < 4.78 is 1.78. The number of amides is 2. The fourth-order valence-corrected chi connectivity index (χ4v) is 2.91. The summed E-state index contributed by atoms with van der Waals surface area (Å²) in [6.45, 7) is 4.81. The SMILES string of the molecule is CC(C)n1nccc1NC(=O)Cc1ccc(N2CCCC2=O)cc1. The molecule has 1 saturated heterocycles. The highest BCUT2D eigenvalue weighted by Gasteiger charge is 2.21. The summed E-state index contributed by atoms with van der Waals surface area (Å²) in [7, 11) is 0. The lowest BCUT2D eigenvalue weighted by Gasteiger charge is -2.16. The number of hydrogen-bond acceptors (Lipinski definition) is 3. The quantitative estimate of drug-likeness (QED) is 0.918. The maximum Gasteiger partial charge on any atom is 0.229 e. The summed E-state index contributed by atoms with van der Waals surface area (Å²) in [5.41, 5.74) is 1.82. The van der Waals surface area contributed by atoms with Crippen molar-refractivity contribution in [1.82, 2.24) is 9.78 Å². The maximum absolute atomic E-state index is 12.2. The van der Waals surface area contributed by atoms with Crippen LogP contribution in [0.2, 0.25) is 0 Å². The predicted molar refractivity (Wildman–Crippen MR) is 93.0 cm³/mol. The smallest absolute Gasteiger partial charge is 0.229 e. The second kappa shape index (κ2) is 6.86. The number of nitrogens with one attached hydrogen (secondary N) is 1. The van der Waals surface area contributed by atoms with E-state index in [2.05, 4.69) is 10.4 Å². The van der Waals surface area contributed by atoms with Gasteiger partial charge in [-0.05, 0) is 38.0 Å². The van der Waals surface area contributed by atoms with Crippen molar-refractivity contribution in [3.05, 3.63) is 42.1 Å². The maximum atomic E-state index is 12.2. The van der Waals surface area contributed by atoms with Crippen LogP contribution in [-0.4, -0.2) is 28.1 Å². The zero-order valence-electron chi connectivity index (χ0n) is 14.0. The number of hydrogen-bond donors (Lipinski definition) is 1. The first kappa shape index (κ1) is 16.2. The molecule has 1 fully saturated rings. The van der Waals surface area contributed by atoms with Gasteiger partial charge < -0.3 is 10.2 Å². The van der Waals surface area contributed by atoms with Crippen molar-refractivity contribution < 1.29 is 9.59 Å². The number of aromatic nitrogens is 2. The molecule has 2 aromatic rings. The van der Waals surface area contributed by atoms with Crippen LogP contribution in [0.1, 0.15) is 38.3 Å². The Morgan fingerprint density at radius 1 is 1.25 bits per heavy atom. The lowest BCUT2D eigenvalue weighted by Crippen LogP contribution is -2.23. The predicted octanol–water partition coefficient (Wildman–Crippen LogP) is 2.77. The Kier molecular flexibility index (Phi) is 4.64. The summed E-state index contributed by atoms with van der Waals surface area (Å²) in [6, 6.07) is 9.60. The van der Waals surface area contributed by atoms with Gasteiger partial charge in [-0.25, -0.2) is 4.68 Å². The molecule has 0 unspecified atom stereocenters. The third kappa shape index (κ3) is 3.48. The molecule has 1 aliphatic heterocycles. The topological polar surface area (TPSA) is 67.2 Å². The first-order valence-electron chi connectivity index (χ1n) is 8.27. The highest BCUT2D eigenvalue weighted by atomic mass is 16.2. The fourth-order valence-electron chi connectivity index (χ4n) is 2.91. The first-order valence-corrected chi connectivity index (χ1v) is 8.27. The summed E-state index contributed by atoms with van der Waals surface area (Å²) in [6.07, 6.45) is 3.50. The fraction of sp³-hybridized carbons (Fsp3) is 0.389. The Hall–Kier alpha value is -2.63. The number of rotatable bonds is 5. The average Bonchev–Trinajstić information content (AvgIpc) is 3.17. The molecule has 0 radical (unpaired) electrons.